The molecule has 7 nitrogen and oxygen atoms in total. The van der Waals surface area contributed by atoms with Gasteiger partial charge in [0.05, 0.1) is 17.6 Å². The third kappa shape index (κ3) is 3.79. The highest BCUT2D eigenvalue weighted by molar-refractivity contribution is 7.92. The second-order valence-corrected chi connectivity index (χ2v) is 6.39. The van der Waals surface area contributed by atoms with Gasteiger partial charge < -0.3 is 5.11 Å². The summed E-state index contributed by atoms with van der Waals surface area (Å²) in [5.41, 5.74) is 1.89. The Bertz CT molecular complexity index is 725. The molecular weight excluding hydrogens is 292 g/mol. The first-order chi connectivity index (χ1) is 9.92. The SMILES string of the molecule is Cc1ccc(NS(=O)(=O)c2cnn(CCCO)c2)c(C)n1. The standard InChI is InChI=1S/C13H18N4O3S/c1-10-4-5-13(11(2)15-10)16-21(19,20)12-8-14-17(9-12)6-3-7-18/h4-5,8-9,16,18H,3,6-7H2,1-2H3. The molecule has 0 aliphatic rings. The zero-order valence-electron chi connectivity index (χ0n) is 11.9. The third-order valence-electron chi connectivity index (χ3n) is 2.93. The molecule has 0 radical (unpaired) electrons. The lowest BCUT2D eigenvalue weighted by Gasteiger charge is -2.09. The topological polar surface area (TPSA) is 97.1 Å². The van der Waals surface area contributed by atoms with Gasteiger partial charge in [-0.25, -0.2) is 8.42 Å². The van der Waals surface area contributed by atoms with Gasteiger partial charge in [-0.3, -0.25) is 14.4 Å². The van der Waals surface area contributed by atoms with Crippen LogP contribution in [0, 0.1) is 13.8 Å². The van der Waals surface area contributed by atoms with Crippen molar-refractivity contribution in [3.63, 3.8) is 0 Å². The molecule has 0 saturated carbocycles. The summed E-state index contributed by atoms with van der Waals surface area (Å²) in [6.07, 6.45) is 3.25. The molecule has 0 unspecified atom stereocenters. The van der Waals surface area contributed by atoms with E-state index < -0.39 is 10.0 Å². The number of rotatable bonds is 6. The molecule has 2 heterocycles. The van der Waals surface area contributed by atoms with Crippen LogP contribution < -0.4 is 4.72 Å². The Hall–Kier alpha value is -1.93. The first-order valence-electron chi connectivity index (χ1n) is 6.53. The van der Waals surface area contributed by atoms with Crippen LogP contribution in [0.2, 0.25) is 0 Å². The smallest absolute Gasteiger partial charge is 0.265 e. The molecule has 0 aromatic carbocycles. The lowest BCUT2D eigenvalue weighted by Crippen LogP contribution is -2.13. The zero-order valence-corrected chi connectivity index (χ0v) is 12.8. The molecule has 0 aliphatic heterocycles. The maximum atomic E-state index is 12.3. The van der Waals surface area contributed by atoms with Crippen molar-refractivity contribution in [2.45, 2.75) is 31.7 Å². The van der Waals surface area contributed by atoms with Crippen molar-refractivity contribution < 1.29 is 13.5 Å². The first kappa shape index (κ1) is 15.5. The third-order valence-corrected chi connectivity index (χ3v) is 4.25. The number of nitrogens with zero attached hydrogens (tertiary/aromatic N) is 3. The maximum absolute atomic E-state index is 12.3. The largest absolute Gasteiger partial charge is 0.396 e. The molecule has 0 spiro atoms. The molecule has 2 aromatic rings. The van der Waals surface area contributed by atoms with E-state index in [1.165, 1.54) is 17.1 Å². The lowest BCUT2D eigenvalue weighted by atomic mass is 10.3. The zero-order chi connectivity index (χ0) is 15.5. The van der Waals surface area contributed by atoms with E-state index in [0.717, 1.165) is 5.69 Å². The quantitative estimate of drug-likeness (QED) is 0.832. The second kappa shape index (κ2) is 6.23. The Labute approximate surface area is 123 Å². The first-order valence-corrected chi connectivity index (χ1v) is 8.01. The van der Waals surface area contributed by atoms with Crippen LogP contribution in [0.4, 0.5) is 5.69 Å². The number of anilines is 1. The summed E-state index contributed by atoms with van der Waals surface area (Å²) >= 11 is 0. The van der Waals surface area contributed by atoms with E-state index in [4.69, 9.17) is 5.11 Å². The minimum Gasteiger partial charge on any atom is -0.396 e. The minimum atomic E-state index is -3.69. The van der Waals surface area contributed by atoms with Gasteiger partial charge in [-0.05, 0) is 32.4 Å². The minimum absolute atomic E-state index is 0.0361. The number of hydrogen-bond donors (Lipinski definition) is 2. The molecule has 0 fully saturated rings. The number of nitrogens with one attached hydrogen (secondary N) is 1. The van der Waals surface area contributed by atoms with E-state index in [2.05, 4.69) is 14.8 Å². The average molecular weight is 310 g/mol. The predicted octanol–water partition coefficient (Wildman–Crippen LogP) is 1.08. The van der Waals surface area contributed by atoms with Crippen LogP contribution in [0.3, 0.4) is 0 Å². The van der Waals surface area contributed by atoms with Gasteiger partial charge in [-0.1, -0.05) is 0 Å². The van der Waals surface area contributed by atoms with E-state index in [1.54, 1.807) is 19.1 Å². The van der Waals surface area contributed by atoms with Gasteiger partial charge in [0.15, 0.2) is 0 Å². The summed E-state index contributed by atoms with van der Waals surface area (Å²) in [4.78, 5) is 4.31. The lowest BCUT2D eigenvalue weighted by molar-refractivity contribution is 0.277. The maximum Gasteiger partial charge on any atom is 0.265 e. The van der Waals surface area contributed by atoms with Crippen LogP contribution in [0.5, 0.6) is 0 Å². The van der Waals surface area contributed by atoms with E-state index in [0.29, 0.717) is 24.3 Å². The summed E-state index contributed by atoms with van der Waals surface area (Å²) in [6, 6.07) is 3.43. The molecule has 114 valence electrons. The van der Waals surface area contributed by atoms with Crippen molar-refractivity contribution in [1.29, 1.82) is 0 Å². The highest BCUT2D eigenvalue weighted by atomic mass is 32.2. The number of aryl methyl sites for hydroxylation is 3. The number of hydrogen-bond acceptors (Lipinski definition) is 5. The van der Waals surface area contributed by atoms with Crippen LogP contribution in [0.1, 0.15) is 17.8 Å². The van der Waals surface area contributed by atoms with Crippen molar-refractivity contribution >= 4 is 15.7 Å². The molecule has 8 heteroatoms. The van der Waals surface area contributed by atoms with Crippen molar-refractivity contribution in [2.75, 3.05) is 11.3 Å². The monoisotopic (exact) mass is 310 g/mol. The highest BCUT2D eigenvalue weighted by Crippen LogP contribution is 2.18. The fraction of sp³-hybridized carbons (Fsp3) is 0.385. The molecule has 2 N–H and O–H groups in total. The molecule has 0 atom stereocenters. The Morgan fingerprint density at radius 1 is 1.33 bits per heavy atom. The second-order valence-electron chi connectivity index (χ2n) is 4.71. The van der Waals surface area contributed by atoms with E-state index >= 15 is 0 Å². The van der Waals surface area contributed by atoms with E-state index in [1.807, 2.05) is 6.92 Å². The van der Waals surface area contributed by atoms with Crippen molar-refractivity contribution in [1.82, 2.24) is 14.8 Å². The van der Waals surface area contributed by atoms with Gasteiger partial charge in [0.1, 0.15) is 4.90 Å². The highest BCUT2D eigenvalue weighted by Gasteiger charge is 2.17. The molecule has 2 aromatic heterocycles. The molecule has 0 saturated heterocycles. The Kier molecular flexibility index (Phi) is 4.59. The van der Waals surface area contributed by atoms with Crippen LogP contribution in [-0.2, 0) is 16.6 Å². The fourth-order valence-electron chi connectivity index (χ4n) is 1.84. The van der Waals surface area contributed by atoms with Gasteiger partial charge in [0.2, 0.25) is 0 Å². The van der Waals surface area contributed by atoms with Crippen LogP contribution in [0.25, 0.3) is 0 Å². The van der Waals surface area contributed by atoms with Crippen molar-refractivity contribution in [3.8, 4) is 0 Å². The van der Waals surface area contributed by atoms with Gasteiger partial charge in [-0.15, -0.1) is 0 Å². The summed E-state index contributed by atoms with van der Waals surface area (Å²) in [7, 11) is -3.69. The summed E-state index contributed by atoms with van der Waals surface area (Å²) in [5, 5.41) is 12.7. The van der Waals surface area contributed by atoms with Gasteiger partial charge in [0.25, 0.3) is 10.0 Å². The summed E-state index contributed by atoms with van der Waals surface area (Å²) < 4.78 is 28.6. The average Bonchev–Trinajstić information content (AvgIpc) is 2.89. The van der Waals surface area contributed by atoms with Gasteiger partial charge >= 0.3 is 0 Å². The molecular formula is C13H18N4O3S. The molecule has 2 rings (SSSR count). The number of aliphatic hydroxyl groups excluding tert-OH is 1. The molecule has 0 amide bonds. The summed E-state index contributed by atoms with van der Waals surface area (Å²) in [5.74, 6) is 0. The summed E-state index contributed by atoms with van der Waals surface area (Å²) in [6.45, 7) is 4.09. The number of aliphatic hydroxyl groups is 1. The van der Waals surface area contributed by atoms with Crippen LogP contribution in [0.15, 0.2) is 29.4 Å². The predicted molar refractivity (Wildman–Crippen MR) is 78.4 cm³/mol. The Morgan fingerprint density at radius 3 is 2.76 bits per heavy atom. The number of sulfonamides is 1. The molecule has 21 heavy (non-hydrogen) atoms. The number of pyridine rings is 1. The van der Waals surface area contributed by atoms with Crippen LogP contribution >= 0.6 is 0 Å². The van der Waals surface area contributed by atoms with Crippen LogP contribution in [-0.4, -0.2) is 34.9 Å². The molecule has 0 bridgehead atoms. The van der Waals surface area contributed by atoms with Gasteiger partial charge in [-0.2, -0.15) is 5.10 Å². The van der Waals surface area contributed by atoms with E-state index in [9.17, 15) is 8.42 Å². The van der Waals surface area contributed by atoms with Gasteiger partial charge in [0, 0.05) is 25.0 Å². The Morgan fingerprint density at radius 2 is 2.10 bits per heavy atom. The van der Waals surface area contributed by atoms with Crippen molar-refractivity contribution in [3.05, 3.63) is 35.9 Å². The molecule has 0 aliphatic carbocycles. The fourth-order valence-corrected chi connectivity index (χ4v) is 2.91. The van der Waals surface area contributed by atoms with E-state index in [-0.39, 0.29) is 11.5 Å². The van der Waals surface area contributed by atoms with Crippen molar-refractivity contribution in [2.24, 2.45) is 0 Å². The normalized spacial score (nSPS) is 11.6. The Balaban J connectivity index is 2.19. The number of aromatic nitrogens is 3.